The Morgan fingerprint density at radius 1 is 1.44 bits per heavy atom. The Morgan fingerprint density at radius 2 is 2.06 bits per heavy atom. The molecule has 0 bridgehead atoms. The van der Waals surface area contributed by atoms with Crippen molar-refractivity contribution in [1.82, 2.24) is 0 Å². The number of hydrogen-bond donors (Lipinski definition) is 0. The summed E-state index contributed by atoms with van der Waals surface area (Å²) < 4.78 is 44.5. The van der Waals surface area contributed by atoms with E-state index in [1.54, 1.807) is 0 Å². The lowest BCUT2D eigenvalue weighted by Crippen LogP contribution is -2.18. The van der Waals surface area contributed by atoms with Crippen molar-refractivity contribution in [1.29, 1.82) is 5.26 Å². The van der Waals surface area contributed by atoms with Crippen molar-refractivity contribution in [2.45, 2.75) is 6.36 Å². The smallest absolute Gasteiger partial charge is 0.465 e. The Bertz CT molecular complexity index is 522. The molecule has 8 heteroatoms. The summed E-state index contributed by atoms with van der Waals surface area (Å²) >= 11 is 2.95. The molecule has 0 unspecified atom stereocenters. The first-order valence-corrected chi connectivity index (χ1v) is 5.15. The third-order valence-corrected chi connectivity index (χ3v) is 2.48. The molecule has 0 fully saturated rings. The van der Waals surface area contributed by atoms with Gasteiger partial charge < -0.3 is 9.47 Å². The molecule has 1 rings (SSSR count). The number of carbonyl (C=O) groups excluding carboxylic acids is 1. The van der Waals surface area contributed by atoms with Gasteiger partial charge in [0.1, 0.15) is 11.8 Å². The molecule has 0 N–H and O–H groups in total. The van der Waals surface area contributed by atoms with Crippen LogP contribution in [0, 0.1) is 11.3 Å². The summed E-state index contributed by atoms with van der Waals surface area (Å²) in [4.78, 5) is 11.3. The molecule has 96 valence electrons. The van der Waals surface area contributed by atoms with Crippen molar-refractivity contribution < 1.29 is 27.4 Å². The highest BCUT2D eigenvalue weighted by Crippen LogP contribution is 2.31. The van der Waals surface area contributed by atoms with Crippen molar-refractivity contribution in [2.24, 2.45) is 0 Å². The fourth-order valence-corrected chi connectivity index (χ4v) is 1.62. The highest BCUT2D eigenvalue weighted by atomic mass is 79.9. The molecule has 0 heterocycles. The van der Waals surface area contributed by atoms with Crippen molar-refractivity contribution in [2.75, 3.05) is 7.11 Å². The number of hydrogen-bond acceptors (Lipinski definition) is 4. The number of nitriles is 1. The summed E-state index contributed by atoms with van der Waals surface area (Å²) in [5, 5.41) is 8.69. The Hall–Kier alpha value is -1.75. The van der Waals surface area contributed by atoms with E-state index in [-0.39, 0.29) is 15.6 Å². The zero-order valence-electron chi connectivity index (χ0n) is 8.84. The van der Waals surface area contributed by atoms with Gasteiger partial charge in [0.25, 0.3) is 0 Å². The predicted molar refractivity (Wildman–Crippen MR) is 56.9 cm³/mol. The van der Waals surface area contributed by atoms with Crippen LogP contribution in [0.4, 0.5) is 13.2 Å². The van der Waals surface area contributed by atoms with Gasteiger partial charge in [0, 0.05) is 4.47 Å². The van der Waals surface area contributed by atoms with Crippen LogP contribution in [0.1, 0.15) is 15.9 Å². The van der Waals surface area contributed by atoms with E-state index in [4.69, 9.17) is 5.26 Å². The lowest BCUT2D eigenvalue weighted by Gasteiger charge is -2.12. The van der Waals surface area contributed by atoms with Crippen molar-refractivity contribution >= 4 is 21.9 Å². The van der Waals surface area contributed by atoms with Crippen molar-refractivity contribution in [3.05, 3.63) is 27.7 Å². The molecule has 18 heavy (non-hydrogen) atoms. The predicted octanol–water partition coefficient (Wildman–Crippen LogP) is 3.01. The summed E-state index contributed by atoms with van der Waals surface area (Å²) in [6.45, 7) is 0. The number of alkyl halides is 3. The molecule has 0 atom stereocenters. The molecule has 0 spiro atoms. The van der Waals surface area contributed by atoms with Crippen LogP contribution in [-0.2, 0) is 4.74 Å². The molecule has 0 aliphatic carbocycles. The van der Waals surface area contributed by atoms with Gasteiger partial charge in [-0.3, -0.25) is 0 Å². The van der Waals surface area contributed by atoms with E-state index in [9.17, 15) is 18.0 Å². The van der Waals surface area contributed by atoms with Gasteiger partial charge in [-0.1, -0.05) is 0 Å². The number of nitrogens with zero attached hydrogens (tertiary/aromatic N) is 1. The van der Waals surface area contributed by atoms with E-state index < -0.39 is 18.1 Å². The Balaban J connectivity index is 3.32. The zero-order chi connectivity index (χ0) is 13.9. The minimum atomic E-state index is -4.95. The van der Waals surface area contributed by atoms with Crippen LogP contribution in [0.2, 0.25) is 0 Å². The number of carbonyl (C=O) groups is 1. The van der Waals surface area contributed by atoms with E-state index >= 15 is 0 Å². The van der Waals surface area contributed by atoms with Crippen LogP contribution in [0.25, 0.3) is 0 Å². The van der Waals surface area contributed by atoms with Crippen LogP contribution < -0.4 is 4.74 Å². The highest BCUT2D eigenvalue weighted by Gasteiger charge is 2.33. The summed E-state index contributed by atoms with van der Waals surface area (Å²) in [7, 11) is 1.08. The van der Waals surface area contributed by atoms with Crippen molar-refractivity contribution in [3.63, 3.8) is 0 Å². The van der Waals surface area contributed by atoms with Crippen molar-refractivity contribution in [3.8, 4) is 11.8 Å². The molecule has 0 saturated heterocycles. The second-order valence-electron chi connectivity index (χ2n) is 2.98. The number of halogens is 4. The molecule has 0 radical (unpaired) electrons. The molecule has 0 aliphatic heterocycles. The maximum atomic E-state index is 12.1. The van der Waals surface area contributed by atoms with Gasteiger partial charge in [-0.25, -0.2) is 4.79 Å². The normalized spacial score (nSPS) is 10.7. The third-order valence-electron chi connectivity index (χ3n) is 1.82. The second-order valence-corrected chi connectivity index (χ2v) is 3.83. The minimum absolute atomic E-state index is 0.139. The molecular formula is C10H5BrF3NO3. The summed E-state index contributed by atoms with van der Waals surface area (Å²) in [5.74, 6) is -1.60. The standard InChI is InChI=1S/C10H5BrF3NO3/c1-17-9(16)6-3-8(18-10(12,13)14)5(4-15)2-7(6)11/h2-3H,1H3. The third kappa shape index (κ3) is 3.37. The number of ether oxygens (including phenoxy) is 2. The fraction of sp³-hybridized carbons (Fsp3) is 0.200. The lowest BCUT2D eigenvalue weighted by molar-refractivity contribution is -0.274. The van der Waals surface area contributed by atoms with Gasteiger partial charge in [-0.2, -0.15) is 5.26 Å². The highest BCUT2D eigenvalue weighted by molar-refractivity contribution is 9.10. The van der Waals surface area contributed by atoms with Crippen LogP contribution in [-0.4, -0.2) is 19.4 Å². The van der Waals surface area contributed by atoms with Crippen LogP contribution >= 0.6 is 15.9 Å². The van der Waals surface area contributed by atoms with E-state index in [0.29, 0.717) is 0 Å². The average molecular weight is 324 g/mol. The first-order valence-electron chi connectivity index (χ1n) is 4.36. The number of benzene rings is 1. The van der Waals surface area contributed by atoms with E-state index in [2.05, 4.69) is 25.4 Å². The van der Waals surface area contributed by atoms with Crippen LogP contribution in [0.15, 0.2) is 16.6 Å². The molecule has 1 aromatic carbocycles. The summed E-state index contributed by atoms with van der Waals surface area (Å²) in [5.41, 5.74) is -0.525. The van der Waals surface area contributed by atoms with E-state index in [1.807, 2.05) is 0 Å². The fourth-order valence-electron chi connectivity index (χ4n) is 1.12. The summed E-state index contributed by atoms with van der Waals surface area (Å²) in [6, 6.07) is 3.38. The molecule has 1 aromatic rings. The lowest BCUT2D eigenvalue weighted by atomic mass is 10.1. The van der Waals surface area contributed by atoms with Gasteiger partial charge in [0.05, 0.1) is 18.2 Å². The Morgan fingerprint density at radius 3 is 2.50 bits per heavy atom. The molecule has 0 saturated carbocycles. The van der Waals surface area contributed by atoms with Crippen LogP contribution in [0.5, 0.6) is 5.75 Å². The first kappa shape index (κ1) is 14.3. The average Bonchev–Trinajstić information content (AvgIpc) is 2.28. The van der Waals surface area contributed by atoms with Gasteiger partial charge in [0.2, 0.25) is 0 Å². The summed E-state index contributed by atoms with van der Waals surface area (Å²) in [6.07, 6.45) is -4.95. The number of esters is 1. The van der Waals surface area contributed by atoms with Gasteiger partial charge in [-0.05, 0) is 28.1 Å². The van der Waals surface area contributed by atoms with Crippen LogP contribution in [0.3, 0.4) is 0 Å². The van der Waals surface area contributed by atoms with E-state index in [0.717, 1.165) is 19.2 Å². The molecule has 0 aromatic heterocycles. The maximum Gasteiger partial charge on any atom is 0.573 e. The maximum absolute atomic E-state index is 12.1. The minimum Gasteiger partial charge on any atom is -0.465 e. The first-order chi connectivity index (χ1) is 8.28. The molecule has 0 amide bonds. The monoisotopic (exact) mass is 323 g/mol. The Labute approximate surface area is 108 Å². The topological polar surface area (TPSA) is 59.3 Å². The van der Waals surface area contributed by atoms with Gasteiger partial charge in [-0.15, -0.1) is 13.2 Å². The molecule has 0 aliphatic rings. The van der Waals surface area contributed by atoms with E-state index in [1.165, 1.54) is 6.07 Å². The number of methoxy groups -OCH3 is 1. The number of rotatable bonds is 2. The molecular weight excluding hydrogens is 319 g/mol. The largest absolute Gasteiger partial charge is 0.573 e. The second kappa shape index (κ2) is 5.27. The van der Waals surface area contributed by atoms with Gasteiger partial charge in [0.15, 0.2) is 0 Å². The Kier molecular flexibility index (Phi) is 4.19. The zero-order valence-corrected chi connectivity index (χ0v) is 10.4. The van der Waals surface area contributed by atoms with Gasteiger partial charge >= 0.3 is 12.3 Å². The molecule has 4 nitrogen and oxygen atoms in total. The SMILES string of the molecule is COC(=O)c1cc(OC(F)(F)F)c(C#N)cc1Br. The quantitative estimate of drug-likeness (QED) is 0.785.